The fraction of sp³-hybridized carbons (Fsp3) is 0.400. The van der Waals surface area contributed by atoms with E-state index in [9.17, 15) is 18.8 Å². The number of rotatable bonds is 10. The number of anilines is 1. The lowest BCUT2D eigenvalue weighted by atomic mass is 10.0. The Balaban J connectivity index is 2.25. The summed E-state index contributed by atoms with van der Waals surface area (Å²) in [6, 6.07) is 3.53. The molecule has 0 aromatic heterocycles. The minimum atomic E-state index is -1.87. The van der Waals surface area contributed by atoms with E-state index in [0.29, 0.717) is 17.4 Å². The first-order valence-electron chi connectivity index (χ1n) is 11.1. The Bertz CT molecular complexity index is 1010. The second-order valence-corrected chi connectivity index (χ2v) is 14.3. The van der Waals surface area contributed by atoms with E-state index in [1.54, 1.807) is 31.4 Å². The summed E-state index contributed by atoms with van der Waals surface area (Å²) in [5, 5.41) is 8.65. The summed E-state index contributed by atoms with van der Waals surface area (Å²) in [5.41, 5.74) is 1.48. The van der Waals surface area contributed by atoms with Gasteiger partial charge in [0.15, 0.2) is 0 Å². The number of ether oxygens (including phenoxy) is 1. The van der Waals surface area contributed by atoms with Crippen molar-refractivity contribution >= 4 is 36.7 Å². The Labute approximate surface area is 201 Å². The number of hydrogen-bond acceptors (Lipinski definition) is 4. The molecular formula is C25H34FN3O4Si. The average molecular weight is 488 g/mol. The smallest absolute Gasteiger partial charge is 0.251 e. The van der Waals surface area contributed by atoms with Gasteiger partial charge >= 0.3 is 0 Å². The van der Waals surface area contributed by atoms with Crippen molar-refractivity contribution < 1.29 is 23.5 Å². The van der Waals surface area contributed by atoms with Gasteiger partial charge in [-0.1, -0.05) is 50.5 Å². The van der Waals surface area contributed by atoms with Crippen LogP contribution in [0.2, 0.25) is 19.6 Å². The molecule has 3 N–H and O–H groups in total. The highest BCUT2D eigenvalue weighted by Gasteiger charge is 2.32. The maximum Gasteiger partial charge on any atom is 0.251 e. The SMILES string of the molecule is C=C(/C=C\C(=C/C)COC)[C@@H](NC(=O)[C@@H]1CNC(=O)C1)C(=O)Nc1ccc([Si](C)(C)C)c(F)c1. The van der Waals surface area contributed by atoms with Gasteiger partial charge in [0.2, 0.25) is 11.8 Å². The summed E-state index contributed by atoms with van der Waals surface area (Å²) in [7, 11) is -0.297. The van der Waals surface area contributed by atoms with E-state index in [0.717, 1.165) is 5.57 Å². The van der Waals surface area contributed by atoms with Crippen molar-refractivity contribution in [1.29, 1.82) is 0 Å². The molecule has 1 aromatic carbocycles. The number of benzene rings is 1. The predicted octanol–water partition coefficient (Wildman–Crippen LogP) is 2.64. The van der Waals surface area contributed by atoms with E-state index in [-0.39, 0.29) is 30.4 Å². The zero-order valence-corrected chi connectivity index (χ0v) is 21.5. The summed E-state index contributed by atoms with van der Waals surface area (Å²) in [6.45, 7) is 12.5. The van der Waals surface area contributed by atoms with E-state index < -0.39 is 31.8 Å². The van der Waals surface area contributed by atoms with Crippen LogP contribution in [-0.2, 0) is 19.1 Å². The van der Waals surface area contributed by atoms with Crippen molar-refractivity contribution in [1.82, 2.24) is 10.6 Å². The van der Waals surface area contributed by atoms with E-state index in [4.69, 9.17) is 4.74 Å². The second kappa shape index (κ2) is 11.9. The van der Waals surface area contributed by atoms with Crippen molar-refractivity contribution in [2.24, 2.45) is 5.92 Å². The highest BCUT2D eigenvalue weighted by Crippen LogP contribution is 2.16. The number of carbonyl (C=O) groups is 3. The van der Waals surface area contributed by atoms with Crippen LogP contribution in [0, 0.1) is 11.7 Å². The Morgan fingerprint density at radius 1 is 1.32 bits per heavy atom. The minimum absolute atomic E-state index is 0.0579. The van der Waals surface area contributed by atoms with Crippen molar-refractivity contribution in [2.45, 2.75) is 39.0 Å². The number of carbonyl (C=O) groups excluding carboxylic acids is 3. The third kappa shape index (κ3) is 7.49. The van der Waals surface area contributed by atoms with Gasteiger partial charge in [0, 0.05) is 25.8 Å². The van der Waals surface area contributed by atoms with Crippen molar-refractivity contribution in [2.75, 3.05) is 25.6 Å². The number of hydrogen-bond donors (Lipinski definition) is 3. The normalized spacial score (nSPS) is 17.4. The molecule has 0 bridgehead atoms. The summed E-state index contributed by atoms with van der Waals surface area (Å²) < 4.78 is 19.8. The van der Waals surface area contributed by atoms with Gasteiger partial charge in [-0.25, -0.2) is 4.39 Å². The molecule has 2 atom stereocenters. The summed E-state index contributed by atoms with van der Waals surface area (Å²) in [5.74, 6) is -2.16. The van der Waals surface area contributed by atoms with Crippen LogP contribution in [0.3, 0.4) is 0 Å². The van der Waals surface area contributed by atoms with Gasteiger partial charge in [-0.2, -0.15) is 0 Å². The molecule has 1 aromatic rings. The Morgan fingerprint density at radius 2 is 2.03 bits per heavy atom. The number of methoxy groups -OCH3 is 1. The highest BCUT2D eigenvalue weighted by atomic mass is 28.3. The van der Waals surface area contributed by atoms with Crippen molar-refractivity contribution in [3.63, 3.8) is 0 Å². The summed E-state index contributed by atoms with van der Waals surface area (Å²) >= 11 is 0. The molecule has 0 radical (unpaired) electrons. The standard InChI is InChI=1S/C25H34FN3O4Si/c1-7-17(15-33-3)9-8-16(2)23(29-24(31)18-12-22(30)27-14-18)25(32)28-19-10-11-21(20(26)13-19)34(4,5)6/h7-11,13,18,23H,2,12,14-15H2,1,3-6H3,(H,27,30)(H,28,32)(H,29,31)/b9-8-,17-7+/t18-,23+/m0/s1. The van der Waals surface area contributed by atoms with Gasteiger partial charge in [0.1, 0.15) is 11.9 Å². The molecule has 0 saturated carbocycles. The fourth-order valence-corrected chi connectivity index (χ4v) is 4.87. The molecule has 1 saturated heterocycles. The lowest BCUT2D eigenvalue weighted by Crippen LogP contribution is -2.47. The Hall–Kier alpha value is -3.04. The van der Waals surface area contributed by atoms with Gasteiger partial charge < -0.3 is 20.7 Å². The third-order valence-electron chi connectivity index (χ3n) is 5.51. The molecule has 0 unspecified atom stereocenters. The molecule has 1 aliphatic rings. The van der Waals surface area contributed by atoms with Gasteiger partial charge in [-0.3, -0.25) is 14.4 Å². The Kier molecular flexibility index (Phi) is 9.52. The zero-order valence-electron chi connectivity index (χ0n) is 20.5. The van der Waals surface area contributed by atoms with Crippen molar-refractivity contribution in [3.05, 3.63) is 60.0 Å². The van der Waals surface area contributed by atoms with Crippen LogP contribution in [0.4, 0.5) is 10.1 Å². The Morgan fingerprint density at radius 3 is 2.56 bits per heavy atom. The van der Waals surface area contributed by atoms with Gasteiger partial charge in [0.05, 0.1) is 20.6 Å². The van der Waals surface area contributed by atoms with E-state index in [1.165, 1.54) is 6.07 Å². The third-order valence-corrected chi connectivity index (χ3v) is 7.53. The first-order chi connectivity index (χ1) is 16.0. The zero-order chi connectivity index (χ0) is 25.5. The number of amides is 3. The average Bonchev–Trinajstić information content (AvgIpc) is 3.20. The molecule has 34 heavy (non-hydrogen) atoms. The molecule has 7 nitrogen and oxygen atoms in total. The molecule has 9 heteroatoms. The fourth-order valence-electron chi connectivity index (χ4n) is 3.50. The molecule has 0 spiro atoms. The molecular weight excluding hydrogens is 453 g/mol. The predicted molar refractivity (Wildman–Crippen MR) is 135 cm³/mol. The van der Waals surface area contributed by atoms with Gasteiger partial charge in [-0.05, 0) is 35.4 Å². The molecule has 1 fully saturated rings. The van der Waals surface area contributed by atoms with Crippen LogP contribution in [0.15, 0.2) is 54.2 Å². The van der Waals surface area contributed by atoms with E-state index in [2.05, 4.69) is 22.5 Å². The molecule has 1 heterocycles. The first kappa shape index (κ1) is 27.2. The van der Waals surface area contributed by atoms with Crippen LogP contribution >= 0.6 is 0 Å². The highest BCUT2D eigenvalue weighted by molar-refractivity contribution is 6.88. The van der Waals surface area contributed by atoms with E-state index in [1.807, 2.05) is 32.6 Å². The van der Waals surface area contributed by atoms with Crippen molar-refractivity contribution in [3.8, 4) is 0 Å². The topological polar surface area (TPSA) is 96.5 Å². The molecule has 2 rings (SSSR count). The van der Waals surface area contributed by atoms with Crippen LogP contribution in [-0.4, -0.2) is 52.1 Å². The first-order valence-corrected chi connectivity index (χ1v) is 14.6. The van der Waals surface area contributed by atoms with Gasteiger partial charge in [-0.15, -0.1) is 0 Å². The van der Waals surface area contributed by atoms with Crippen LogP contribution in [0.5, 0.6) is 0 Å². The molecule has 0 aliphatic carbocycles. The quantitative estimate of drug-likeness (QED) is 0.349. The monoisotopic (exact) mass is 487 g/mol. The summed E-state index contributed by atoms with van der Waals surface area (Å²) in [6.07, 6.45) is 5.30. The van der Waals surface area contributed by atoms with Crippen LogP contribution in [0.25, 0.3) is 0 Å². The minimum Gasteiger partial charge on any atom is -0.380 e. The number of nitrogens with one attached hydrogen (secondary N) is 3. The van der Waals surface area contributed by atoms with Crippen LogP contribution in [0.1, 0.15) is 13.3 Å². The number of halogens is 1. The lowest BCUT2D eigenvalue weighted by Gasteiger charge is -2.22. The summed E-state index contributed by atoms with van der Waals surface area (Å²) in [4.78, 5) is 37.4. The maximum absolute atomic E-state index is 14.7. The molecule has 3 amide bonds. The van der Waals surface area contributed by atoms with E-state index >= 15 is 0 Å². The second-order valence-electron chi connectivity index (χ2n) is 9.29. The molecule has 184 valence electrons. The maximum atomic E-state index is 14.7. The number of allylic oxidation sites excluding steroid dienone is 1. The largest absolute Gasteiger partial charge is 0.380 e. The lowest BCUT2D eigenvalue weighted by molar-refractivity contribution is -0.129. The molecule has 1 aliphatic heterocycles. The van der Waals surface area contributed by atoms with Gasteiger partial charge in [0.25, 0.3) is 5.91 Å². The van der Waals surface area contributed by atoms with Crippen LogP contribution < -0.4 is 21.1 Å².